The molecule has 4 heteroatoms. The summed E-state index contributed by atoms with van der Waals surface area (Å²) in [5.41, 5.74) is 2.48. The van der Waals surface area contributed by atoms with E-state index in [9.17, 15) is 0 Å². The summed E-state index contributed by atoms with van der Waals surface area (Å²) in [4.78, 5) is 0. The lowest BCUT2D eigenvalue weighted by Gasteiger charge is -2.13. The predicted octanol–water partition coefficient (Wildman–Crippen LogP) is 6.61. The molecule has 0 atom stereocenters. The maximum atomic E-state index is 5.56. The van der Waals surface area contributed by atoms with Gasteiger partial charge < -0.3 is 9.47 Å². The van der Waals surface area contributed by atoms with Crippen molar-refractivity contribution in [1.29, 1.82) is 0 Å². The van der Waals surface area contributed by atoms with Crippen LogP contribution in [0.5, 0.6) is 11.5 Å². The molecule has 0 N–H and O–H groups in total. The molecule has 0 spiro atoms. The number of hydrogen-bond donors (Lipinski definition) is 0. The summed E-state index contributed by atoms with van der Waals surface area (Å²) < 4.78 is 11.4. The second-order valence-corrected chi connectivity index (χ2v) is 6.16. The number of halogens is 2. The average molecular weight is 402 g/mol. The lowest BCUT2D eigenvalue weighted by molar-refractivity contribution is 0.349. The van der Waals surface area contributed by atoms with Crippen molar-refractivity contribution in [2.24, 2.45) is 0 Å². The van der Waals surface area contributed by atoms with E-state index < -0.39 is 0 Å². The van der Waals surface area contributed by atoms with Gasteiger partial charge in [0.1, 0.15) is 6.26 Å². The molecule has 0 aromatic heterocycles. The van der Waals surface area contributed by atoms with E-state index in [2.05, 4.69) is 52.3 Å². The largest absolute Gasteiger partial charge is 0.456 e. The zero-order valence-electron chi connectivity index (χ0n) is 12.7. The molecule has 0 saturated carbocycles. The van der Waals surface area contributed by atoms with Crippen LogP contribution in [0, 0.1) is 0 Å². The van der Waals surface area contributed by atoms with Crippen LogP contribution in [0.15, 0.2) is 94.8 Å². The van der Waals surface area contributed by atoms with Crippen molar-refractivity contribution in [3.63, 3.8) is 0 Å². The Bertz CT molecular complexity index is 847. The van der Waals surface area contributed by atoms with Crippen molar-refractivity contribution >= 4 is 27.5 Å². The highest BCUT2D eigenvalue weighted by Crippen LogP contribution is 2.32. The van der Waals surface area contributed by atoms with E-state index in [0.717, 1.165) is 4.47 Å². The van der Waals surface area contributed by atoms with Gasteiger partial charge in [0.25, 0.3) is 0 Å². The second kappa shape index (κ2) is 8.04. The van der Waals surface area contributed by atoms with E-state index in [1.807, 2.05) is 36.4 Å². The molecule has 1 aliphatic rings. The fourth-order valence-electron chi connectivity index (χ4n) is 2.18. The molecule has 1 aliphatic heterocycles. The van der Waals surface area contributed by atoms with Gasteiger partial charge in [-0.05, 0) is 40.9 Å². The first-order valence-corrected chi connectivity index (χ1v) is 8.50. The predicted molar refractivity (Wildman–Crippen MR) is 101 cm³/mol. The summed E-state index contributed by atoms with van der Waals surface area (Å²) in [6.07, 6.45) is 1.36. The van der Waals surface area contributed by atoms with Crippen molar-refractivity contribution in [1.82, 2.24) is 0 Å². The minimum Gasteiger partial charge on any atom is -0.456 e. The highest BCUT2D eigenvalue weighted by molar-refractivity contribution is 9.10. The van der Waals surface area contributed by atoms with Gasteiger partial charge in [-0.2, -0.15) is 0 Å². The van der Waals surface area contributed by atoms with E-state index in [1.54, 1.807) is 6.07 Å². The maximum absolute atomic E-state index is 5.56. The third kappa shape index (κ3) is 4.19. The Labute approximate surface area is 154 Å². The van der Waals surface area contributed by atoms with Crippen LogP contribution in [-0.4, -0.2) is 0 Å². The number of rotatable bonds is 1. The summed E-state index contributed by atoms with van der Waals surface area (Å²) in [5.74, 6) is 1.34. The average Bonchev–Trinajstić information content (AvgIpc) is 2.63. The first-order chi connectivity index (χ1) is 11.7. The molecule has 0 saturated heterocycles. The fraction of sp³-hybridized carbons (Fsp3) is 0. The SMILES string of the molecule is Brc1ccccc1-c1ccccc1.ClC1=COc2ccccc2O1. The Hall–Kier alpha value is -2.23. The Kier molecular flexibility index (Phi) is 5.57. The topological polar surface area (TPSA) is 18.5 Å². The van der Waals surface area contributed by atoms with Crippen LogP contribution in [0.2, 0.25) is 0 Å². The van der Waals surface area contributed by atoms with E-state index >= 15 is 0 Å². The quantitative estimate of drug-likeness (QED) is 0.456. The second-order valence-electron chi connectivity index (χ2n) is 4.93. The highest BCUT2D eigenvalue weighted by atomic mass is 79.9. The molecule has 0 fully saturated rings. The Morgan fingerprint density at radius 1 is 0.708 bits per heavy atom. The summed E-state index contributed by atoms with van der Waals surface area (Å²) in [6.45, 7) is 0. The van der Waals surface area contributed by atoms with E-state index in [1.165, 1.54) is 17.4 Å². The van der Waals surface area contributed by atoms with Crippen molar-refractivity contribution < 1.29 is 9.47 Å². The normalized spacial score (nSPS) is 11.8. The summed E-state index contributed by atoms with van der Waals surface area (Å²) >= 11 is 9.09. The van der Waals surface area contributed by atoms with Gasteiger partial charge in [0.15, 0.2) is 11.5 Å². The third-order valence-electron chi connectivity index (χ3n) is 3.29. The van der Waals surface area contributed by atoms with Crippen LogP contribution in [0.1, 0.15) is 0 Å². The minimum absolute atomic E-state index is 0.253. The molecule has 0 radical (unpaired) electrons. The molecular weight excluding hydrogens is 388 g/mol. The molecule has 0 bridgehead atoms. The van der Waals surface area contributed by atoms with Crippen LogP contribution in [0.3, 0.4) is 0 Å². The first-order valence-electron chi connectivity index (χ1n) is 7.33. The van der Waals surface area contributed by atoms with Gasteiger partial charge in [0.05, 0.1) is 0 Å². The van der Waals surface area contributed by atoms with E-state index in [-0.39, 0.29) is 5.22 Å². The molecule has 2 nitrogen and oxygen atoms in total. The number of hydrogen-bond acceptors (Lipinski definition) is 2. The Balaban J connectivity index is 0.000000143. The van der Waals surface area contributed by atoms with Crippen molar-refractivity contribution in [3.8, 4) is 22.6 Å². The lowest BCUT2D eigenvalue weighted by atomic mass is 10.1. The molecule has 1 heterocycles. The zero-order valence-corrected chi connectivity index (χ0v) is 15.0. The van der Waals surface area contributed by atoms with Gasteiger partial charge in [-0.3, -0.25) is 0 Å². The highest BCUT2D eigenvalue weighted by Gasteiger charge is 2.10. The Morgan fingerprint density at radius 3 is 2.08 bits per heavy atom. The monoisotopic (exact) mass is 400 g/mol. The molecule has 120 valence electrons. The third-order valence-corrected chi connectivity index (χ3v) is 4.15. The van der Waals surface area contributed by atoms with Crippen LogP contribution in [-0.2, 0) is 0 Å². The molecule has 0 unspecified atom stereocenters. The molecule has 4 rings (SSSR count). The molecule has 24 heavy (non-hydrogen) atoms. The smallest absolute Gasteiger partial charge is 0.229 e. The van der Waals surface area contributed by atoms with E-state index in [4.69, 9.17) is 21.1 Å². The van der Waals surface area contributed by atoms with Crippen LogP contribution >= 0.6 is 27.5 Å². The van der Waals surface area contributed by atoms with Crippen molar-refractivity contribution in [2.45, 2.75) is 0 Å². The van der Waals surface area contributed by atoms with Crippen LogP contribution < -0.4 is 9.47 Å². The summed E-state index contributed by atoms with van der Waals surface area (Å²) in [7, 11) is 0. The molecular formula is C20H14BrClO2. The number of para-hydroxylation sites is 2. The molecule has 0 amide bonds. The number of fused-ring (bicyclic) bond motifs is 1. The summed E-state index contributed by atoms with van der Waals surface area (Å²) in [5, 5.41) is 0.253. The zero-order chi connectivity index (χ0) is 16.8. The van der Waals surface area contributed by atoms with Gasteiger partial charge in [0, 0.05) is 4.47 Å². The molecule has 3 aromatic carbocycles. The first kappa shape index (κ1) is 16.6. The van der Waals surface area contributed by atoms with Gasteiger partial charge >= 0.3 is 0 Å². The van der Waals surface area contributed by atoms with Crippen molar-refractivity contribution in [3.05, 3.63) is 94.8 Å². The standard InChI is InChI=1S/C12H9Br.C8H5ClO2/c13-12-9-5-4-8-11(12)10-6-2-1-3-7-10;9-8-5-10-6-3-1-2-4-7(6)11-8/h1-9H;1-5H. The minimum atomic E-state index is 0.253. The number of ether oxygens (including phenoxy) is 2. The van der Waals surface area contributed by atoms with Crippen LogP contribution in [0.4, 0.5) is 0 Å². The van der Waals surface area contributed by atoms with Crippen molar-refractivity contribution in [2.75, 3.05) is 0 Å². The van der Waals surface area contributed by atoms with Gasteiger partial charge in [0.2, 0.25) is 5.22 Å². The maximum Gasteiger partial charge on any atom is 0.229 e. The summed E-state index contributed by atoms with van der Waals surface area (Å²) in [6, 6.07) is 25.9. The molecule has 3 aromatic rings. The van der Waals surface area contributed by atoms with Gasteiger partial charge in [-0.25, -0.2) is 0 Å². The fourth-order valence-corrected chi connectivity index (χ4v) is 2.83. The lowest BCUT2D eigenvalue weighted by Crippen LogP contribution is -1.99. The molecule has 0 aliphatic carbocycles. The van der Waals surface area contributed by atoms with Gasteiger partial charge in [-0.15, -0.1) is 0 Å². The van der Waals surface area contributed by atoms with Crippen LogP contribution in [0.25, 0.3) is 11.1 Å². The number of benzene rings is 3. The van der Waals surface area contributed by atoms with E-state index in [0.29, 0.717) is 11.5 Å². The Morgan fingerprint density at radius 2 is 1.33 bits per heavy atom. The van der Waals surface area contributed by atoms with Gasteiger partial charge in [-0.1, -0.05) is 76.6 Å².